The Labute approximate surface area is 99.1 Å². The van der Waals surface area contributed by atoms with E-state index in [9.17, 15) is 0 Å². The third-order valence-corrected chi connectivity index (χ3v) is 3.15. The van der Waals surface area contributed by atoms with E-state index >= 15 is 0 Å². The lowest BCUT2D eigenvalue weighted by molar-refractivity contribution is 0.275. The number of rotatable bonds is 10. The molecule has 0 saturated heterocycles. The summed E-state index contributed by atoms with van der Waals surface area (Å²) in [5.74, 6) is 0. The summed E-state index contributed by atoms with van der Waals surface area (Å²) in [6.07, 6.45) is 5.37. The highest BCUT2D eigenvalue weighted by Gasteiger charge is 2.30. The van der Waals surface area contributed by atoms with Gasteiger partial charge in [0.05, 0.1) is 0 Å². The Kier molecular flexibility index (Phi) is 8.78. The van der Waals surface area contributed by atoms with Crippen LogP contribution in [-0.4, -0.2) is 31.2 Å². The molecule has 0 aliphatic heterocycles. The van der Waals surface area contributed by atoms with Gasteiger partial charge < -0.3 is 28.7 Å². The summed E-state index contributed by atoms with van der Waals surface area (Å²) >= 11 is 0. The minimum atomic E-state index is -0.325. The van der Waals surface area contributed by atoms with E-state index < -0.39 is 0 Å². The normalized spacial score (nSPS) is 14.1. The van der Waals surface area contributed by atoms with Crippen LogP contribution >= 0.6 is 0 Å². The van der Waals surface area contributed by atoms with Crippen LogP contribution in [0.1, 0.15) is 38.5 Å². The summed E-state index contributed by atoms with van der Waals surface area (Å²) in [6, 6.07) is -0.00542. The molecule has 0 fully saturated rings. The van der Waals surface area contributed by atoms with Crippen molar-refractivity contribution in [2.45, 2.75) is 50.1 Å². The van der Waals surface area contributed by atoms with E-state index in [2.05, 4.69) is 0 Å². The van der Waals surface area contributed by atoms with Crippen molar-refractivity contribution in [2.24, 2.45) is 28.7 Å². The first-order valence-electron chi connectivity index (χ1n) is 6.25. The molecule has 5 heteroatoms. The van der Waals surface area contributed by atoms with Crippen molar-refractivity contribution < 1.29 is 0 Å². The van der Waals surface area contributed by atoms with E-state index in [0.29, 0.717) is 19.6 Å². The van der Waals surface area contributed by atoms with Gasteiger partial charge in [-0.2, -0.15) is 0 Å². The van der Waals surface area contributed by atoms with Crippen molar-refractivity contribution in [3.8, 4) is 0 Å². The predicted octanol–water partition coefficient (Wildman–Crippen LogP) is -0.772. The van der Waals surface area contributed by atoms with E-state index in [4.69, 9.17) is 28.7 Å². The molecule has 98 valence electrons. The third kappa shape index (κ3) is 5.77. The smallest absolute Gasteiger partial charge is 0.0308 e. The fourth-order valence-corrected chi connectivity index (χ4v) is 1.98. The maximum atomic E-state index is 6.38. The monoisotopic (exact) mass is 231 g/mol. The molecule has 0 saturated carbocycles. The summed E-state index contributed by atoms with van der Waals surface area (Å²) in [5.41, 5.74) is 28.7. The zero-order valence-electron chi connectivity index (χ0n) is 10.3. The molecular formula is C11H29N5. The van der Waals surface area contributed by atoms with Gasteiger partial charge in [0, 0.05) is 11.6 Å². The van der Waals surface area contributed by atoms with Gasteiger partial charge in [0.15, 0.2) is 0 Å². The van der Waals surface area contributed by atoms with Crippen molar-refractivity contribution >= 4 is 0 Å². The number of hydrogen-bond donors (Lipinski definition) is 5. The van der Waals surface area contributed by atoms with Crippen LogP contribution in [0.3, 0.4) is 0 Å². The Bertz CT molecular complexity index is 154. The molecule has 0 aromatic carbocycles. The predicted molar refractivity (Wildman–Crippen MR) is 69.8 cm³/mol. The first-order chi connectivity index (χ1) is 7.60. The molecule has 0 aromatic rings. The molecule has 1 atom stereocenters. The fourth-order valence-electron chi connectivity index (χ4n) is 1.98. The quantitative estimate of drug-likeness (QED) is 0.337. The van der Waals surface area contributed by atoms with Crippen molar-refractivity contribution in [1.29, 1.82) is 0 Å². The highest BCUT2D eigenvalue weighted by molar-refractivity contribution is 4.94. The molecule has 0 bridgehead atoms. The topological polar surface area (TPSA) is 130 Å². The van der Waals surface area contributed by atoms with Gasteiger partial charge in [-0.15, -0.1) is 0 Å². The van der Waals surface area contributed by atoms with Crippen molar-refractivity contribution in [1.82, 2.24) is 0 Å². The number of hydrogen-bond acceptors (Lipinski definition) is 5. The summed E-state index contributed by atoms with van der Waals surface area (Å²) < 4.78 is 0. The minimum absolute atomic E-state index is 0.00542. The molecule has 0 aliphatic carbocycles. The van der Waals surface area contributed by atoms with Crippen LogP contribution in [0.4, 0.5) is 0 Å². The fraction of sp³-hybridized carbons (Fsp3) is 1.00. The van der Waals surface area contributed by atoms with Crippen molar-refractivity contribution in [3.05, 3.63) is 0 Å². The first kappa shape index (κ1) is 15.8. The van der Waals surface area contributed by atoms with Gasteiger partial charge in [-0.05, 0) is 58.2 Å². The lowest BCUT2D eigenvalue weighted by atomic mass is 9.80. The largest absolute Gasteiger partial charge is 0.330 e. The lowest BCUT2D eigenvalue weighted by Gasteiger charge is -2.35. The summed E-state index contributed by atoms with van der Waals surface area (Å²) in [7, 11) is 0. The molecule has 0 aliphatic rings. The Hall–Kier alpha value is -0.200. The van der Waals surface area contributed by atoms with Crippen LogP contribution < -0.4 is 28.7 Å². The Morgan fingerprint density at radius 1 is 0.812 bits per heavy atom. The van der Waals surface area contributed by atoms with Gasteiger partial charge in [-0.25, -0.2) is 0 Å². The Morgan fingerprint density at radius 2 is 1.25 bits per heavy atom. The van der Waals surface area contributed by atoms with E-state index in [1.165, 1.54) is 0 Å². The molecule has 5 nitrogen and oxygen atoms in total. The summed E-state index contributed by atoms with van der Waals surface area (Å²) in [5, 5.41) is 0. The molecule has 0 aromatic heterocycles. The molecule has 0 spiro atoms. The molecule has 0 radical (unpaired) electrons. The zero-order valence-corrected chi connectivity index (χ0v) is 10.3. The highest BCUT2D eigenvalue weighted by Crippen LogP contribution is 2.22. The van der Waals surface area contributed by atoms with Crippen LogP contribution in [0.15, 0.2) is 0 Å². The first-order valence-corrected chi connectivity index (χ1v) is 6.25. The van der Waals surface area contributed by atoms with Gasteiger partial charge in [0.2, 0.25) is 0 Å². The number of nitrogens with two attached hydrogens (primary N) is 5. The molecule has 16 heavy (non-hydrogen) atoms. The van der Waals surface area contributed by atoms with E-state index in [1.807, 2.05) is 0 Å². The Balaban J connectivity index is 4.24. The van der Waals surface area contributed by atoms with E-state index in [0.717, 1.165) is 38.5 Å². The molecule has 0 heterocycles. The van der Waals surface area contributed by atoms with E-state index in [-0.39, 0.29) is 11.6 Å². The van der Waals surface area contributed by atoms with Crippen molar-refractivity contribution in [2.75, 3.05) is 19.6 Å². The average molecular weight is 231 g/mol. The SMILES string of the molecule is NCCCC(N)C(N)(CCCN)CCCN. The van der Waals surface area contributed by atoms with Gasteiger partial charge in [0.1, 0.15) is 0 Å². The maximum absolute atomic E-state index is 6.38. The maximum Gasteiger partial charge on any atom is 0.0308 e. The highest BCUT2D eigenvalue weighted by atomic mass is 14.9. The average Bonchev–Trinajstić information content (AvgIpc) is 2.30. The zero-order chi connectivity index (χ0) is 12.4. The van der Waals surface area contributed by atoms with Crippen LogP contribution in [0.25, 0.3) is 0 Å². The second kappa shape index (κ2) is 8.90. The molecule has 10 N–H and O–H groups in total. The van der Waals surface area contributed by atoms with Crippen LogP contribution in [0.5, 0.6) is 0 Å². The van der Waals surface area contributed by atoms with Gasteiger partial charge in [0.25, 0.3) is 0 Å². The summed E-state index contributed by atoms with van der Waals surface area (Å²) in [4.78, 5) is 0. The summed E-state index contributed by atoms with van der Waals surface area (Å²) in [6.45, 7) is 1.98. The second-order valence-electron chi connectivity index (χ2n) is 4.56. The lowest BCUT2D eigenvalue weighted by Crippen LogP contribution is -2.55. The Morgan fingerprint density at radius 3 is 1.62 bits per heavy atom. The van der Waals surface area contributed by atoms with Crippen molar-refractivity contribution in [3.63, 3.8) is 0 Å². The van der Waals surface area contributed by atoms with Crippen LogP contribution in [-0.2, 0) is 0 Å². The van der Waals surface area contributed by atoms with Gasteiger partial charge in [-0.3, -0.25) is 0 Å². The second-order valence-corrected chi connectivity index (χ2v) is 4.56. The van der Waals surface area contributed by atoms with Gasteiger partial charge >= 0.3 is 0 Å². The van der Waals surface area contributed by atoms with E-state index in [1.54, 1.807) is 0 Å². The minimum Gasteiger partial charge on any atom is -0.330 e. The van der Waals surface area contributed by atoms with Gasteiger partial charge in [-0.1, -0.05) is 0 Å². The molecule has 0 amide bonds. The molecule has 0 rings (SSSR count). The molecule has 1 unspecified atom stereocenters. The standard InChI is InChI=1S/C11H29N5/c12-7-1-4-10(15)11(16,5-2-8-13)6-3-9-14/h10H,1-9,12-16H2. The van der Waals surface area contributed by atoms with Crippen LogP contribution in [0, 0.1) is 0 Å². The van der Waals surface area contributed by atoms with Crippen LogP contribution in [0.2, 0.25) is 0 Å². The molecular weight excluding hydrogens is 202 g/mol. The third-order valence-electron chi connectivity index (χ3n) is 3.15.